The molecule has 2 bridgehead atoms. The van der Waals surface area contributed by atoms with Crippen molar-refractivity contribution in [1.29, 1.82) is 0 Å². The van der Waals surface area contributed by atoms with Gasteiger partial charge in [0.25, 0.3) is 0 Å². The highest BCUT2D eigenvalue weighted by atomic mass is 16.5. The molecule has 0 saturated carbocycles. The van der Waals surface area contributed by atoms with E-state index in [1.807, 2.05) is 31.2 Å². The monoisotopic (exact) mass is 470 g/mol. The summed E-state index contributed by atoms with van der Waals surface area (Å²) in [7, 11) is 1.55. The minimum atomic E-state index is -1.06. The summed E-state index contributed by atoms with van der Waals surface area (Å²) in [4.78, 5) is 41.7. The van der Waals surface area contributed by atoms with Gasteiger partial charge in [0.2, 0.25) is 17.7 Å². The molecule has 11 nitrogen and oxygen atoms in total. The lowest BCUT2D eigenvalue weighted by molar-refractivity contribution is -0.146. The van der Waals surface area contributed by atoms with E-state index in [2.05, 4.69) is 20.9 Å². The molecule has 2 unspecified atom stereocenters. The Morgan fingerprint density at radius 1 is 1.24 bits per heavy atom. The van der Waals surface area contributed by atoms with E-state index in [1.54, 1.807) is 16.6 Å². The predicted molar refractivity (Wildman–Crippen MR) is 120 cm³/mol. The molecule has 5 rings (SSSR count). The molecule has 3 aliphatic heterocycles. The first-order valence-electron chi connectivity index (χ1n) is 11.8. The van der Waals surface area contributed by atoms with Gasteiger partial charge in [-0.2, -0.15) is 0 Å². The summed E-state index contributed by atoms with van der Waals surface area (Å²) in [5.41, 5.74) is -0.350. The number of amides is 3. The molecule has 182 valence electrons. The molecule has 3 amide bonds. The summed E-state index contributed by atoms with van der Waals surface area (Å²) in [5.74, 6) is -2.20. The molecule has 1 aromatic heterocycles. The fourth-order valence-electron chi connectivity index (χ4n) is 6.20. The predicted octanol–water partition coefficient (Wildman–Crippen LogP) is -0.212. The van der Waals surface area contributed by atoms with Gasteiger partial charge in [-0.05, 0) is 44.7 Å². The van der Waals surface area contributed by atoms with Gasteiger partial charge in [0.15, 0.2) is 0 Å². The van der Waals surface area contributed by atoms with Gasteiger partial charge in [-0.15, -0.1) is 5.10 Å². The Hall–Kier alpha value is -3.05. The lowest BCUT2D eigenvalue weighted by atomic mass is 9.66. The van der Waals surface area contributed by atoms with E-state index in [9.17, 15) is 19.5 Å². The molecule has 3 saturated heterocycles. The number of carbonyl (C=O) groups excluding carboxylic acids is 3. The second-order valence-electron chi connectivity index (χ2n) is 9.58. The van der Waals surface area contributed by atoms with Crippen LogP contribution >= 0.6 is 0 Å². The van der Waals surface area contributed by atoms with Crippen molar-refractivity contribution < 1.29 is 24.2 Å². The molecule has 0 radical (unpaired) electrons. The van der Waals surface area contributed by atoms with Crippen molar-refractivity contribution in [2.45, 2.75) is 56.5 Å². The number of aliphatic hydroxyl groups excluding tert-OH is 1. The molecule has 4 heterocycles. The fraction of sp³-hybridized carbons (Fsp3) is 0.609. The van der Waals surface area contributed by atoms with Crippen LogP contribution in [0.1, 0.15) is 32.6 Å². The zero-order valence-electron chi connectivity index (χ0n) is 19.4. The number of hydrogen-bond acceptors (Lipinski definition) is 7. The second kappa shape index (κ2) is 8.31. The van der Waals surface area contributed by atoms with E-state index in [-0.39, 0.29) is 31.0 Å². The van der Waals surface area contributed by atoms with E-state index in [4.69, 9.17) is 4.74 Å². The van der Waals surface area contributed by atoms with E-state index >= 15 is 0 Å². The van der Waals surface area contributed by atoms with Gasteiger partial charge in [0.05, 0.1) is 23.0 Å². The van der Waals surface area contributed by atoms with Crippen LogP contribution in [0.2, 0.25) is 0 Å². The number of hydrogen-bond donors (Lipinski definition) is 3. The largest absolute Gasteiger partial charge is 0.396 e. The molecule has 34 heavy (non-hydrogen) atoms. The minimum Gasteiger partial charge on any atom is -0.396 e. The molecule has 3 fully saturated rings. The number of carbonyl (C=O) groups is 3. The average molecular weight is 471 g/mol. The van der Waals surface area contributed by atoms with Crippen LogP contribution in [0.5, 0.6) is 0 Å². The molecule has 3 aliphatic rings. The molecular formula is C23H30N6O5. The van der Waals surface area contributed by atoms with Crippen LogP contribution in [-0.4, -0.2) is 80.2 Å². The second-order valence-corrected chi connectivity index (χ2v) is 9.58. The summed E-state index contributed by atoms with van der Waals surface area (Å²) in [6.07, 6.45) is 2.17. The van der Waals surface area contributed by atoms with Crippen molar-refractivity contribution in [3.63, 3.8) is 0 Å². The standard InChI is InChI=1S/C23H30N6O5/c1-22-9-10-23(34-22)17(16(22)19(31)24-2)21(33)28(11-5-6-12-30)18(23)20(32)25-13-29-15-8-4-3-7-14(15)26-27-29/h3-4,7-8,16-18,30H,5-6,9-13H2,1-2H3,(H,24,31)(H,25,32)/t16-,17-,18?,22+,23?/m0/s1. The van der Waals surface area contributed by atoms with E-state index < -0.39 is 29.1 Å². The Bertz CT molecular complexity index is 1140. The van der Waals surface area contributed by atoms with Crippen LogP contribution in [0.4, 0.5) is 0 Å². The number of para-hydroxylation sites is 1. The van der Waals surface area contributed by atoms with Crippen molar-refractivity contribution in [3.8, 4) is 0 Å². The zero-order chi connectivity index (χ0) is 24.1. The maximum Gasteiger partial charge on any atom is 0.247 e. The third kappa shape index (κ3) is 3.21. The van der Waals surface area contributed by atoms with E-state index in [0.29, 0.717) is 32.2 Å². The number of fused-ring (bicyclic) bond motifs is 2. The Labute approximate surface area is 196 Å². The van der Waals surface area contributed by atoms with Crippen molar-refractivity contribution in [1.82, 2.24) is 30.5 Å². The SMILES string of the molecule is CNC(=O)[C@@H]1[C@H]2C(=O)N(CCCCO)C(C(=O)NCn3nnc4ccccc43)C23CC[C@@]1(C)O3. The van der Waals surface area contributed by atoms with Gasteiger partial charge in [-0.1, -0.05) is 17.3 Å². The third-order valence-electron chi connectivity index (χ3n) is 7.68. The fourth-order valence-corrected chi connectivity index (χ4v) is 6.20. The normalized spacial score (nSPS) is 31.8. The number of nitrogens with zero attached hydrogens (tertiary/aromatic N) is 4. The topological polar surface area (TPSA) is 139 Å². The lowest BCUT2D eigenvalue weighted by Gasteiger charge is -2.33. The van der Waals surface area contributed by atoms with Gasteiger partial charge in [-0.25, -0.2) is 4.68 Å². The number of rotatable bonds is 8. The number of benzene rings is 1. The summed E-state index contributed by atoms with van der Waals surface area (Å²) in [6.45, 7) is 2.26. The Morgan fingerprint density at radius 2 is 2.03 bits per heavy atom. The highest BCUT2D eigenvalue weighted by Gasteiger charge is 2.77. The van der Waals surface area contributed by atoms with Crippen molar-refractivity contribution in [2.75, 3.05) is 20.2 Å². The number of aliphatic hydroxyl groups is 1. The molecule has 0 aliphatic carbocycles. The van der Waals surface area contributed by atoms with Gasteiger partial charge < -0.3 is 25.4 Å². The molecule has 3 N–H and O–H groups in total. The van der Waals surface area contributed by atoms with Crippen LogP contribution in [-0.2, 0) is 25.8 Å². The molecule has 2 aromatic rings. The summed E-state index contributed by atoms with van der Waals surface area (Å²) < 4.78 is 8.08. The Balaban J connectivity index is 1.45. The van der Waals surface area contributed by atoms with E-state index in [1.165, 1.54) is 0 Å². The summed E-state index contributed by atoms with van der Waals surface area (Å²) in [6, 6.07) is 6.58. The van der Waals surface area contributed by atoms with Crippen LogP contribution in [0, 0.1) is 11.8 Å². The van der Waals surface area contributed by atoms with Crippen molar-refractivity contribution in [3.05, 3.63) is 24.3 Å². The maximum atomic E-state index is 13.7. The number of ether oxygens (including phenoxy) is 1. The average Bonchev–Trinajstić information content (AvgIpc) is 3.53. The molecule has 1 spiro atoms. The number of nitrogens with one attached hydrogen (secondary N) is 2. The van der Waals surface area contributed by atoms with Crippen molar-refractivity contribution in [2.24, 2.45) is 11.8 Å². The minimum absolute atomic E-state index is 0.00226. The van der Waals surface area contributed by atoms with Crippen LogP contribution in [0.15, 0.2) is 24.3 Å². The lowest BCUT2D eigenvalue weighted by Crippen LogP contribution is -2.55. The summed E-state index contributed by atoms with van der Waals surface area (Å²) in [5, 5.41) is 23.1. The first kappa shape index (κ1) is 22.7. The van der Waals surface area contributed by atoms with Crippen LogP contribution < -0.4 is 10.6 Å². The quantitative estimate of drug-likeness (QED) is 0.454. The van der Waals surface area contributed by atoms with Gasteiger partial charge in [0.1, 0.15) is 23.8 Å². The van der Waals surface area contributed by atoms with Gasteiger partial charge in [-0.3, -0.25) is 14.4 Å². The summed E-state index contributed by atoms with van der Waals surface area (Å²) >= 11 is 0. The van der Waals surface area contributed by atoms with E-state index in [0.717, 1.165) is 11.0 Å². The maximum absolute atomic E-state index is 13.7. The highest BCUT2D eigenvalue weighted by Crippen LogP contribution is 2.63. The number of likely N-dealkylation sites (tertiary alicyclic amines) is 1. The third-order valence-corrected chi connectivity index (χ3v) is 7.68. The highest BCUT2D eigenvalue weighted by molar-refractivity contribution is 5.99. The van der Waals surface area contributed by atoms with Crippen LogP contribution in [0.3, 0.4) is 0 Å². The molecule has 11 heteroatoms. The molecular weight excluding hydrogens is 440 g/mol. The first-order valence-corrected chi connectivity index (χ1v) is 11.8. The zero-order valence-corrected chi connectivity index (χ0v) is 19.4. The number of unbranched alkanes of at least 4 members (excludes halogenated alkanes) is 1. The van der Waals surface area contributed by atoms with Gasteiger partial charge in [0, 0.05) is 20.2 Å². The van der Waals surface area contributed by atoms with Gasteiger partial charge >= 0.3 is 0 Å². The molecule has 1 aromatic carbocycles. The van der Waals surface area contributed by atoms with Crippen molar-refractivity contribution >= 4 is 28.8 Å². The van der Waals surface area contributed by atoms with Crippen LogP contribution in [0.25, 0.3) is 11.0 Å². The Kier molecular flexibility index (Phi) is 5.56. The Morgan fingerprint density at radius 3 is 2.79 bits per heavy atom. The smallest absolute Gasteiger partial charge is 0.247 e. The first-order chi connectivity index (χ1) is 16.4. The number of aromatic nitrogens is 3. The molecule has 5 atom stereocenters.